The van der Waals surface area contributed by atoms with E-state index in [0.717, 1.165) is 37.4 Å². The fourth-order valence-corrected chi connectivity index (χ4v) is 3.44. The third kappa shape index (κ3) is 4.81. The van der Waals surface area contributed by atoms with Crippen molar-refractivity contribution in [1.82, 2.24) is 10.3 Å². The van der Waals surface area contributed by atoms with Crippen LogP contribution < -0.4 is 10.6 Å². The van der Waals surface area contributed by atoms with E-state index in [1.165, 1.54) is 10.5 Å². The Hall–Kier alpha value is -1.85. The van der Waals surface area contributed by atoms with Crippen LogP contribution in [0.4, 0.5) is 5.69 Å². The fraction of sp³-hybridized carbons (Fsp3) is 0.333. The number of carbonyl (C=O) groups excluding carboxylic acids is 1. The van der Waals surface area contributed by atoms with Crippen LogP contribution in [0.3, 0.4) is 0 Å². The number of nitrogens with one attached hydrogen (secondary N) is 2. The predicted octanol–water partition coefficient (Wildman–Crippen LogP) is 3.31. The van der Waals surface area contributed by atoms with Gasteiger partial charge in [-0.25, -0.2) is 0 Å². The van der Waals surface area contributed by atoms with Gasteiger partial charge in [-0.15, -0.1) is 11.8 Å². The number of benzene rings is 1. The summed E-state index contributed by atoms with van der Waals surface area (Å²) >= 11 is 1.77. The third-order valence-electron chi connectivity index (χ3n) is 3.92. The van der Waals surface area contributed by atoms with E-state index in [9.17, 15) is 4.79 Å². The number of pyridine rings is 1. The Morgan fingerprint density at radius 2 is 2.17 bits per heavy atom. The fourth-order valence-electron chi connectivity index (χ4n) is 2.60. The van der Waals surface area contributed by atoms with Crippen molar-refractivity contribution in [2.45, 2.75) is 23.5 Å². The largest absolute Gasteiger partial charge is 0.326 e. The minimum Gasteiger partial charge on any atom is -0.326 e. The van der Waals surface area contributed by atoms with Crippen molar-refractivity contribution in [3.63, 3.8) is 0 Å². The van der Waals surface area contributed by atoms with Crippen molar-refractivity contribution in [2.75, 3.05) is 18.4 Å². The van der Waals surface area contributed by atoms with Gasteiger partial charge in [0.2, 0.25) is 5.91 Å². The van der Waals surface area contributed by atoms with Crippen LogP contribution in [0.15, 0.2) is 53.7 Å². The number of rotatable bonds is 5. The summed E-state index contributed by atoms with van der Waals surface area (Å²) < 4.78 is 0. The lowest BCUT2D eigenvalue weighted by atomic mass is 9.99. The van der Waals surface area contributed by atoms with Crippen LogP contribution in [0.5, 0.6) is 0 Å². The van der Waals surface area contributed by atoms with Crippen molar-refractivity contribution in [3.05, 3.63) is 54.4 Å². The maximum Gasteiger partial charge on any atom is 0.228 e. The van der Waals surface area contributed by atoms with Gasteiger partial charge in [-0.2, -0.15) is 0 Å². The molecule has 1 aliphatic rings. The molecule has 3 rings (SSSR count). The minimum atomic E-state index is 0.0865. The summed E-state index contributed by atoms with van der Waals surface area (Å²) in [7, 11) is 0. The van der Waals surface area contributed by atoms with E-state index in [-0.39, 0.29) is 11.8 Å². The molecule has 2 N–H and O–H groups in total. The number of hydrogen-bond donors (Lipinski definition) is 2. The molecular weight excluding hydrogens is 306 g/mol. The maximum absolute atomic E-state index is 12.2. The standard InChI is InChI=1S/C18H21N3OS/c22-18(15-4-2-10-20-12-15)21-16-5-7-17(8-6-16)23-13-14-3-1-9-19-11-14/h1,3,5-9,11,15,20H,2,4,10,12-13H2,(H,21,22). The number of aromatic nitrogens is 1. The second-order valence-corrected chi connectivity index (χ2v) is 6.76. The lowest BCUT2D eigenvalue weighted by molar-refractivity contribution is -0.120. The first kappa shape index (κ1) is 16.0. The van der Waals surface area contributed by atoms with E-state index in [2.05, 4.69) is 33.8 Å². The SMILES string of the molecule is O=C(Nc1ccc(SCc2cccnc2)cc1)C1CCCNC1. The number of thioether (sulfide) groups is 1. The van der Waals surface area contributed by atoms with Crippen molar-refractivity contribution in [2.24, 2.45) is 5.92 Å². The van der Waals surface area contributed by atoms with E-state index in [0.29, 0.717) is 0 Å². The van der Waals surface area contributed by atoms with Crippen molar-refractivity contribution in [3.8, 4) is 0 Å². The molecule has 0 bridgehead atoms. The van der Waals surface area contributed by atoms with Crippen LogP contribution >= 0.6 is 11.8 Å². The molecule has 1 saturated heterocycles. The van der Waals surface area contributed by atoms with E-state index in [1.807, 2.05) is 24.4 Å². The van der Waals surface area contributed by atoms with Crippen molar-refractivity contribution in [1.29, 1.82) is 0 Å². The summed E-state index contributed by atoms with van der Waals surface area (Å²) in [5.41, 5.74) is 2.07. The van der Waals surface area contributed by atoms with Gasteiger partial charge in [-0.3, -0.25) is 9.78 Å². The summed E-state index contributed by atoms with van der Waals surface area (Å²) in [6.45, 7) is 1.80. The van der Waals surface area contributed by atoms with Crippen LogP contribution in [0.2, 0.25) is 0 Å². The molecular formula is C18H21N3OS. The highest BCUT2D eigenvalue weighted by Gasteiger charge is 2.20. The molecule has 1 aliphatic heterocycles. The topological polar surface area (TPSA) is 54.0 Å². The Morgan fingerprint density at radius 1 is 1.30 bits per heavy atom. The smallest absolute Gasteiger partial charge is 0.228 e. The molecule has 0 radical (unpaired) electrons. The molecule has 4 nitrogen and oxygen atoms in total. The number of hydrogen-bond acceptors (Lipinski definition) is 4. The number of anilines is 1. The quantitative estimate of drug-likeness (QED) is 0.827. The van der Waals surface area contributed by atoms with Crippen molar-refractivity contribution < 1.29 is 4.79 Å². The summed E-state index contributed by atoms with van der Waals surface area (Å²) in [6.07, 6.45) is 5.72. The van der Waals surface area contributed by atoms with Gasteiger partial charge in [0, 0.05) is 35.3 Å². The van der Waals surface area contributed by atoms with Gasteiger partial charge < -0.3 is 10.6 Å². The molecule has 2 heterocycles. The first-order valence-electron chi connectivity index (χ1n) is 7.94. The second-order valence-electron chi connectivity index (χ2n) is 5.71. The predicted molar refractivity (Wildman–Crippen MR) is 94.5 cm³/mol. The summed E-state index contributed by atoms with van der Waals surface area (Å²) in [5.74, 6) is 1.10. The molecule has 1 unspecified atom stereocenters. The first-order valence-corrected chi connectivity index (χ1v) is 8.93. The molecule has 0 spiro atoms. The summed E-state index contributed by atoms with van der Waals surface area (Å²) in [5, 5.41) is 6.29. The Balaban J connectivity index is 1.51. The maximum atomic E-state index is 12.2. The van der Waals surface area contributed by atoms with Gasteiger partial charge in [-0.05, 0) is 55.3 Å². The van der Waals surface area contributed by atoms with E-state index >= 15 is 0 Å². The van der Waals surface area contributed by atoms with Crippen LogP contribution in [0.1, 0.15) is 18.4 Å². The molecule has 1 aromatic carbocycles. The lowest BCUT2D eigenvalue weighted by Gasteiger charge is -2.21. The average Bonchev–Trinajstić information content (AvgIpc) is 2.63. The Morgan fingerprint density at radius 3 is 2.87 bits per heavy atom. The van der Waals surface area contributed by atoms with Crippen LogP contribution in [-0.2, 0) is 10.5 Å². The van der Waals surface area contributed by atoms with Crippen LogP contribution in [0.25, 0.3) is 0 Å². The van der Waals surface area contributed by atoms with Gasteiger partial charge in [0.05, 0.1) is 5.92 Å². The Kier molecular flexibility index (Phi) is 5.66. The number of nitrogens with zero attached hydrogens (tertiary/aromatic N) is 1. The molecule has 0 saturated carbocycles. The summed E-state index contributed by atoms with van der Waals surface area (Å²) in [4.78, 5) is 17.5. The lowest BCUT2D eigenvalue weighted by Crippen LogP contribution is -2.37. The normalized spacial score (nSPS) is 17.7. The zero-order valence-corrected chi connectivity index (χ0v) is 13.8. The highest BCUT2D eigenvalue weighted by molar-refractivity contribution is 7.98. The molecule has 120 valence electrons. The monoisotopic (exact) mass is 327 g/mol. The molecule has 23 heavy (non-hydrogen) atoms. The molecule has 0 aliphatic carbocycles. The number of carbonyl (C=O) groups is 1. The number of piperidine rings is 1. The van der Waals surface area contributed by atoms with Crippen LogP contribution in [-0.4, -0.2) is 24.0 Å². The molecule has 2 aromatic rings. The van der Waals surface area contributed by atoms with Crippen molar-refractivity contribution >= 4 is 23.4 Å². The highest BCUT2D eigenvalue weighted by atomic mass is 32.2. The van der Waals surface area contributed by atoms with Crippen LogP contribution in [0, 0.1) is 5.92 Å². The summed E-state index contributed by atoms with van der Waals surface area (Å²) in [6, 6.07) is 12.1. The molecule has 1 amide bonds. The highest BCUT2D eigenvalue weighted by Crippen LogP contribution is 2.24. The van der Waals surface area contributed by atoms with E-state index in [1.54, 1.807) is 18.0 Å². The Bertz CT molecular complexity index is 624. The zero-order valence-electron chi connectivity index (χ0n) is 13.0. The average molecular weight is 327 g/mol. The molecule has 5 heteroatoms. The molecule has 1 fully saturated rings. The van der Waals surface area contributed by atoms with Gasteiger partial charge in [0.1, 0.15) is 0 Å². The first-order chi connectivity index (χ1) is 11.3. The van der Waals surface area contributed by atoms with Gasteiger partial charge >= 0.3 is 0 Å². The molecule has 1 aromatic heterocycles. The van der Waals surface area contributed by atoms with Gasteiger partial charge in [0.25, 0.3) is 0 Å². The zero-order chi connectivity index (χ0) is 15.9. The third-order valence-corrected chi connectivity index (χ3v) is 5.00. The van der Waals surface area contributed by atoms with Gasteiger partial charge in [0.15, 0.2) is 0 Å². The van der Waals surface area contributed by atoms with E-state index in [4.69, 9.17) is 0 Å². The number of amides is 1. The molecule has 1 atom stereocenters. The second kappa shape index (κ2) is 8.13. The Labute approximate surface area is 141 Å². The minimum absolute atomic E-state index is 0.0865. The van der Waals surface area contributed by atoms with E-state index < -0.39 is 0 Å². The van der Waals surface area contributed by atoms with Gasteiger partial charge in [-0.1, -0.05) is 6.07 Å².